The molecule has 0 fully saturated rings. The molecule has 0 aliphatic carbocycles. The van der Waals surface area contributed by atoms with Gasteiger partial charge >= 0.3 is 0 Å². The number of ether oxygens (including phenoxy) is 1. The summed E-state index contributed by atoms with van der Waals surface area (Å²) in [5.74, 6) is 0.869. The van der Waals surface area contributed by atoms with Gasteiger partial charge in [-0.05, 0) is 52.2 Å². The summed E-state index contributed by atoms with van der Waals surface area (Å²) in [6.45, 7) is 2.04. The third-order valence-corrected chi connectivity index (χ3v) is 3.23. The smallest absolute Gasteiger partial charge is 0.277 e. The van der Waals surface area contributed by atoms with Crippen LogP contribution in [0.15, 0.2) is 50.6 Å². The number of benzene rings is 1. The molecular formula is C16H17BrN2O3. The lowest BCUT2D eigenvalue weighted by atomic mass is 10.1. The molecule has 0 saturated heterocycles. The van der Waals surface area contributed by atoms with Gasteiger partial charge in [0.25, 0.3) is 5.91 Å². The minimum absolute atomic E-state index is 0.0910. The largest absolute Gasteiger partial charge is 0.484 e. The number of carbonyl (C=O) groups excluding carboxylic acids is 1. The number of amides is 1. The topological polar surface area (TPSA) is 63.8 Å². The number of furan rings is 1. The summed E-state index contributed by atoms with van der Waals surface area (Å²) in [6.07, 6.45) is 3.56. The highest BCUT2D eigenvalue weighted by Crippen LogP contribution is 2.13. The van der Waals surface area contributed by atoms with Crippen LogP contribution in [0.25, 0.3) is 0 Å². The first-order valence-corrected chi connectivity index (χ1v) is 7.75. The lowest BCUT2D eigenvalue weighted by molar-refractivity contribution is -0.123. The van der Waals surface area contributed by atoms with Crippen molar-refractivity contribution >= 4 is 28.1 Å². The van der Waals surface area contributed by atoms with Gasteiger partial charge in [-0.3, -0.25) is 4.79 Å². The second kappa shape index (κ2) is 8.38. The molecule has 0 aliphatic rings. The molecule has 22 heavy (non-hydrogen) atoms. The monoisotopic (exact) mass is 364 g/mol. The summed E-state index contributed by atoms with van der Waals surface area (Å²) in [5, 5.41) is 3.79. The molecule has 1 aromatic carbocycles. The van der Waals surface area contributed by atoms with Crippen molar-refractivity contribution in [3.8, 4) is 5.75 Å². The predicted octanol–water partition coefficient (Wildman–Crippen LogP) is 3.52. The second-order valence-electron chi connectivity index (χ2n) is 4.62. The highest BCUT2D eigenvalue weighted by Gasteiger charge is 2.02. The molecule has 116 valence electrons. The summed E-state index contributed by atoms with van der Waals surface area (Å²) >= 11 is 3.18. The molecule has 0 aliphatic heterocycles. The molecule has 1 heterocycles. The fourth-order valence-electron chi connectivity index (χ4n) is 1.79. The van der Waals surface area contributed by atoms with E-state index in [0.29, 0.717) is 16.2 Å². The second-order valence-corrected chi connectivity index (χ2v) is 5.40. The van der Waals surface area contributed by atoms with Gasteiger partial charge in [-0.1, -0.05) is 25.5 Å². The van der Waals surface area contributed by atoms with Crippen molar-refractivity contribution in [1.82, 2.24) is 5.43 Å². The van der Waals surface area contributed by atoms with E-state index in [1.54, 1.807) is 12.1 Å². The molecule has 1 aromatic heterocycles. The highest BCUT2D eigenvalue weighted by atomic mass is 79.9. The Morgan fingerprint density at radius 1 is 1.32 bits per heavy atom. The lowest BCUT2D eigenvalue weighted by Crippen LogP contribution is -2.24. The minimum Gasteiger partial charge on any atom is -0.484 e. The maximum atomic E-state index is 11.6. The molecule has 6 heteroatoms. The number of rotatable bonds is 7. The molecular weight excluding hydrogens is 348 g/mol. The molecule has 0 bridgehead atoms. The van der Waals surface area contributed by atoms with Crippen molar-refractivity contribution in [2.45, 2.75) is 19.8 Å². The number of hydrogen-bond donors (Lipinski definition) is 1. The van der Waals surface area contributed by atoms with Crippen molar-refractivity contribution in [1.29, 1.82) is 0 Å². The van der Waals surface area contributed by atoms with Gasteiger partial charge in [-0.15, -0.1) is 0 Å². The molecule has 5 nitrogen and oxygen atoms in total. The van der Waals surface area contributed by atoms with Crippen molar-refractivity contribution in [3.05, 3.63) is 52.4 Å². The molecule has 0 radical (unpaired) electrons. The molecule has 1 N–H and O–H groups in total. The van der Waals surface area contributed by atoms with Gasteiger partial charge in [-0.2, -0.15) is 5.10 Å². The van der Waals surface area contributed by atoms with E-state index in [4.69, 9.17) is 9.15 Å². The zero-order chi connectivity index (χ0) is 15.8. The number of aryl methyl sites for hydroxylation is 1. The van der Waals surface area contributed by atoms with Crippen LogP contribution in [0, 0.1) is 0 Å². The summed E-state index contributed by atoms with van der Waals surface area (Å²) < 4.78 is 11.2. The maximum absolute atomic E-state index is 11.6. The Morgan fingerprint density at radius 2 is 2.09 bits per heavy atom. The third kappa shape index (κ3) is 5.37. The Balaban J connectivity index is 1.74. The molecule has 0 saturated carbocycles. The lowest BCUT2D eigenvalue weighted by Gasteiger charge is -2.05. The van der Waals surface area contributed by atoms with Gasteiger partial charge < -0.3 is 9.15 Å². The van der Waals surface area contributed by atoms with Gasteiger partial charge in [0.15, 0.2) is 11.3 Å². The normalized spacial score (nSPS) is 10.8. The number of nitrogens with one attached hydrogen (secondary N) is 1. The van der Waals surface area contributed by atoms with Crippen LogP contribution in [0.1, 0.15) is 24.7 Å². The minimum atomic E-state index is -0.334. The number of carbonyl (C=O) groups is 1. The molecule has 0 atom stereocenters. The van der Waals surface area contributed by atoms with Gasteiger partial charge in [0, 0.05) is 0 Å². The van der Waals surface area contributed by atoms with Crippen molar-refractivity contribution in [2.24, 2.45) is 5.10 Å². The number of halogens is 1. The molecule has 2 rings (SSSR count). The van der Waals surface area contributed by atoms with Gasteiger partial charge in [0.2, 0.25) is 0 Å². The predicted molar refractivity (Wildman–Crippen MR) is 88.1 cm³/mol. The Kier molecular flexibility index (Phi) is 6.21. The van der Waals surface area contributed by atoms with Crippen LogP contribution in [0.2, 0.25) is 0 Å². The van der Waals surface area contributed by atoms with E-state index in [0.717, 1.165) is 12.8 Å². The fraction of sp³-hybridized carbons (Fsp3) is 0.250. The van der Waals surface area contributed by atoms with Crippen molar-refractivity contribution in [3.63, 3.8) is 0 Å². The van der Waals surface area contributed by atoms with Crippen LogP contribution in [0.3, 0.4) is 0 Å². The van der Waals surface area contributed by atoms with E-state index in [2.05, 4.69) is 33.4 Å². The van der Waals surface area contributed by atoms with Gasteiger partial charge in [-0.25, -0.2) is 5.43 Å². The zero-order valence-electron chi connectivity index (χ0n) is 12.2. The summed E-state index contributed by atoms with van der Waals surface area (Å²) in [6, 6.07) is 11.2. The molecule has 2 aromatic rings. The summed E-state index contributed by atoms with van der Waals surface area (Å²) in [7, 11) is 0. The first kappa shape index (κ1) is 16.3. The van der Waals surface area contributed by atoms with E-state index < -0.39 is 0 Å². The van der Waals surface area contributed by atoms with E-state index in [1.807, 2.05) is 24.3 Å². The van der Waals surface area contributed by atoms with Gasteiger partial charge in [0.1, 0.15) is 11.5 Å². The van der Waals surface area contributed by atoms with Crippen molar-refractivity contribution < 1.29 is 13.9 Å². The van der Waals surface area contributed by atoms with Gasteiger partial charge in [0.05, 0.1) is 6.21 Å². The third-order valence-electron chi connectivity index (χ3n) is 2.81. The Bertz CT molecular complexity index is 635. The number of nitrogens with zero attached hydrogens (tertiary/aromatic N) is 1. The van der Waals surface area contributed by atoms with E-state index >= 15 is 0 Å². The number of hydrogen-bond acceptors (Lipinski definition) is 4. The Morgan fingerprint density at radius 3 is 2.73 bits per heavy atom. The maximum Gasteiger partial charge on any atom is 0.277 e. The molecule has 0 spiro atoms. The standard InChI is InChI=1S/C16H17BrN2O3/c1-2-3-12-4-6-13(7-5-12)21-11-16(20)19-18-10-14-8-9-15(17)22-14/h4-10H,2-3,11H2,1H3,(H,19,20)/b18-10+. The first-order chi connectivity index (χ1) is 10.7. The van der Waals surface area contributed by atoms with E-state index in [1.165, 1.54) is 11.8 Å². The quantitative estimate of drug-likeness (QED) is 0.603. The van der Waals surface area contributed by atoms with Crippen LogP contribution >= 0.6 is 15.9 Å². The first-order valence-electron chi connectivity index (χ1n) is 6.96. The SMILES string of the molecule is CCCc1ccc(OCC(=O)N/N=C/c2ccc(Br)o2)cc1. The van der Waals surface area contributed by atoms with Crippen LogP contribution in [-0.4, -0.2) is 18.7 Å². The number of hydrazone groups is 1. The molecule has 0 unspecified atom stereocenters. The van der Waals surface area contributed by atoms with Crippen LogP contribution in [-0.2, 0) is 11.2 Å². The average molecular weight is 365 g/mol. The van der Waals surface area contributed by atoms with Crippen molar-refractivity contribution in [2.75, 3.05) is 6.61 Å². The fourth-order valence-corrected chi connectivity index (χ4v) is 2.11. The average Bonchev–Trinajstić information content (AvgIpc) is 2.92. The highest BCUT2D eigenvalue weighted by molar-refractivity contribution is 9.10. The van der Waals surface area contributed by atoms with Crippen LogP contribution in [0.5, 0.6) is 5.75 Å². The van der Waals surface area contributed by atoms with Crippen LogP contribution in [0.4, 0.5) is 0 Å². The van der Waals surface area contributed by atoms with E-state index in [9.17, 15) is 4.79 Å². The zero-order valence-corrected chi connectivity index (χ0v) is 13.8. The Hall–Kier alpha value is -2.08. The Labute approximate surface area is 137 Å². The van der Waals surface area contributed by atoms with Crippen LogP contribution < -0.4 is 10.2 Å². The molecule has 1 amide bonds. The summed E-state index contributed by atoms with van der Waals surface area (Å²) in [5.41, 5.74) is 3.63. The van der Waals surface area contributed by atoms with E-state index in [-0.39, 0.29) is 12.5 Å². The summed E-state index contributed by atoms with van der Waals surface area (Å²) in [4.78, 5) is 11.6.